The van der Waals surface area contributed by atoms with Crippen molar-refractivity contribution < 1.29 is 39.7 Å². The lowest BCUT2D eigenvalue weighted by Crippen LogP contribution is -2.83. The standard InChI is InChI=1S/C17H27NO3.C2H2O4/c1-16(2)13-17(19,9-11-21-16)8-10-18-12-14-4-6-15(20-3)7-5-14;3-1(4)2(5)6/h4-7,18-19H,8-13H2,1-3H3;(H,3,4)(H,5,6). The molecule has 27 heavy (non-hydrogen) atoms. The van der Waals surface area contributed by atoms with Crippen molar-refractivity contribution in [1.29, 1.82) is 0 Å². The molecule has 0 aliphatic carbocycles. The molecule has 0 bridgehead atoms. The maximum absolute atomic E-state index is 10.7. The number of methoxy groups -OCH3 is 1. The monoisotopic (exact) mass is 383 g/mol. The van der Waals surface area contributed by atoms with E-state index < -0.39 is 17.5 Å². The first-order valence-corrected chi connectivity index (χ1v) is 8.82. The van der Waals surface area contributed by atoms with Crippen LogP contribution in [0.3, 0.4) is 0 Å². The van der Waals surface area contributed by atoms with Gasteiger partial charge in [-0.15, -0.1) is 0 Å². The molecule has 152 valence electrons. The topological polar surface area (TPSA) is 133 Å². The molecular weight excluding hydrogens is 354 g/mol. The summed E-state index contributed by atoms with van der Waals surface area (Å²) in [4.78, 5) is 18.0. The SMILES string of the molecule is COc1ccc(C[NH2+]CCC2(O)CCOC(C)(C)C2)cc1.O=C([O-])C(=O)O. The molecule has 0 radical (unpaired) electrons. The number of nitrogens with two attached hydrogens (primary N) is 1. The highest BCUT2D eigenvalue weighted by molar-refractivity contribution is 6.26. The Hall–Kier alpha value is -2.16. The molecule has 1 saturated heterocycles. The fourth-order valence-corrected chi connectivity index (χ4v) is 3.06. The van der Waals surface area contributed by atoms with Crippen molar-refractivity contribution in [1.82, 2.24) is 0 Å². The molecule has 1 aromatic rings. The highest BCUT2D eigenvalue weighted by Gasteiger charge is 2.39. The predicted molar refractivity (Wildman–Crippen MR) is 95.0 cm³/mol. The van der Waals surface area contributed by atoms with Crippen molar-refractivity contribution in [2.24, 2.45) is 0 Å². The van der Waals surface area contributed by atoms with Gasteiger partial charge in [0.15, 0.2) is 5.97 Å². The lowest BCUT2D eigenvalue weighted by atomic mass is 9.82. The lowest BCUT2D eigenvalue weighted by Gasteiger charge is -2.41. The summed E-state index contributed by atoms with van der Waals surface area (Å²) in [5, 5.41) is 29.2. The molecule has 4 N–H and O–H groups in total. The van der Waals surface area contributed by atoms with Crippen molar-refractivity contribution in [2.45, 2.75) is 50.9 Å². The van der Waals surface area contributed by atoms with Gasteiger partial charge >= 0.3 is 5.97 Å². The van der Waals surface area contributed by atoms with E-state index in [9.17, 15) is 5.11 Å². The Morgan fingerprint density at radius 3 is 2.37 bits per heavy atom. The van der Waals surface area contributed by atoms with Crippen LogP contribution in [0.15, 0.2) is 24.3 Å². The number of carbonyl (C=O) groups is 2. The Morgan fingerprint density at radius 2 is 1.89 bits per heavy atom. The van der Waals surface area contributed by atoms with Gasteiger partial charge in [0.05, 0.1) is 31.5 Å². The lowest BCUT2D eigenvalue weighted by molar-refractivity contribution is -0.672. The molecule has 1 unspecified atom stereocenters. The normalized spacial score (nSPS) is 20.9. The van der Waals surface area contributed by atoms with E-state index in [0.29, 0.717) is 6.61 Å². The second-order valence-electron chi connectivity index (χ2n) is 7.23. The van der Waals surface area contributed by atoms with Crippen LogP contribution >= 0.6 is 0 Å². The summed E-state index contributed by atoms with van der Waals surface area (Å²) in [7, 11) is 1.68. The van der Waals surface area contributed by atoms with Crippen LogP contribution in [0.1, 0.15) is 38.7 Å². The Labute approximate surface area is 159 Å². The molecule has 2 rings (SSSR count). The smallest absolute Gasteiger partial charge is 0.351 e. The van der Waals surface area contributed by atoms with E-state index in [4.69, 9.17) is 29.3 Å². The van der Waals surface area contributed by atoms with Gasteiger partial charge in [0.2, 0.25) is 0 Å². The zero-order valence-corrected chi connectivity index (χ0v) is 16.1. The Balaban J connectivity index is 0.000000527. The molecular formula is C19H29NO7. The number of benzene rings is 1. The molecule has 1 fully saturated rings. The molecule has 1 aromatic carbocycles. The summed E-state index contributed by atoms with van der Waals surface area (Å²) < 4.78 is 10.8. The van der Waals surface area contributed by atoms with Crippen LogP contribution in [0.2, 0.25) is 0 Å². The van der Waals surface area contributed by atoms with Crippen LogP contribution in [0, 0.1) is 0 Å². The number of hydrogen-bond donors (Lipinski definition) is 3. The predicted octanol–water partition coefficient (Wildman–Crippen LogP) is -0.710. The quantitative estimate of drug-likeness (QED) is 0.436. The Morgan fingerprint density at radius 1 is 1.30 bits per heavy atom. The van der Waals surface area contributed by atoms with Crippen molar-refractivity contribution in [3.05, 3.63) is 29.8 Å². The van der Waals surface area contributed by atoms with Gasteiger partial charge in [-0.2, -0.15) is 0 Å². The molecule has 1 heterocycles. The van der Waals surface area contributed by atoms with Gasteiger partial charge in [-0.25, -0.2) is 4.79 Å². The fourth-order valence-electron chi connectivity index (χ4n) is 3.06. The van der Waals surface area contributed by atoms with Gasteiger partial charge in [0, 0.05) is 18.4 Å². The summed E-state index contributed by atoms with van der Waals surface area (Å²) >= 11 is 0. The number of ether oxygens (including phenoxy) is 2. The number of hydrogen-bond acceptors (Lipinski definition) is 6. The number of carboxylic acids is 2. The van der Waals surface area contributed by atoms with E-state index >= 15 is 0 Å². The molecule has 1 aliphatic heterocycles. The molecule has 0 aromatic heterocycles. The van der Waals surface area contributed by atoms with Crippen LogP contribution < -0.4 is 15.2 Å². The first-order chi connectivity index (χ1) is 12.6. The second kappa shape index (κ2) is 10.2. The second-order valence-corrected chi connectivity index (χ2v) is 7.23. The van der Waals surface area contributed by atoms with Crippen LogP contribution in [-0.4, -0.2) is 53.6 Å². The molecule has 1 aliphatic rings. The fraction of sp³-hybridized carbons (Fsp3) is 0.579. The third kappa shape index (κ3) is 8.85. The summed E-state index contributed by atoms with van der Waals surface area (Å²) in [6, 6.07) is 8.14. The number of carbonyl (C=O) groups excluding carboxylic acids is 1. The first-order valence-electron chi connectivity index (χ1n) is 8.82. The van der Waals surface area contributed by atoms with E-state index in [0.717, 1.165) is 38.1 Å². The third-order valence-electron chi connectivity index (χ3n) is 4.34. The van der Waals surface area contributed by atoms with Gasteiger partial charge in [-0.05, 0) is 44.5 Å². The zero-order valence-electron chi connectivity index (χ0n) is 16.1. The van der Waals surface area contributed by atoms with E-state index in [-0.39, 0.29) is 5.60 Å². The first kappa shape index (κ1) is 22.9. The third-order valence-corrected chi connectivity index (χ3v) is 4.34. The molecule has 0 spiro atoms. The minimum atomic E-state index is -2.07. The highest BCUT2D eigenvalue weighted by atomic mass is 16.5. The van der Waals surface area contributed by atoms with E-state index in [1.807, 2.05) is 12.1 Å². The average molecular weight is 383 g/mol. The minimum Gasteiger partial charge on any atom is -0.539 e. The largest absolute Gasteiger partial charge is 0.539 e. The van der Waals surface area contributed by atoms with Crippen molar-refractivity contribution >= 4 is 11.9 Å². The van der Waals surface area contributed by atoms with Crippen LogP contribution in [-0.2, 0) is 20.9 Å². The van der Waals surface area contributed by atoms with Gasteiger partial charge in [-0.1, -0.05) is 0 Å². The summed E-state index contributed by atoms with van der Waals surface area (Å²) in [6.07, 6.45) is 2.28. The van der Waals surface area contributed by atoms with Crippen LogP contribution in [0.4, 0.5) is 0 Å². The maximum Gasteiger partial charge on any atom is 0.351 e. The van der Waals surface area contributed by atoms with Gasteiger partial charge < -0.3 is 34.9 Å². The van der Waals surface area contributed by atoms with E-state index in [2.05, 4.69) is 31.3 Å². The molecule has 1 atom stereocenters. The van der Waals surface area contributed by atoms with Gasteiger partial charge in [-0.3, -0.25) is 0 Å². The molecule has 0 saturated carbocycles. The number of aliphatic hydroxyl groups is 1. The molecule has 8 nitrogen and oxygen atoms in total. The molecule has 0 amide bonds. The number of rotatable bonds is 6. The number of carboxylic acid groups (broad SMARTS) is 2. The summed E-state index contributed by atoms with van der Waals surface area (Å²) in [6.45, 7) is 6.62. The Bertz CT molecular complexity index is 603. The number of aliphatic carboxylic acids is 2. The number of quaternary nitrogens is 1. The maximum atomic E-state index is 10.7. The molecule has 8 heteroatoms. The minimum absolute atomic E-state index is 0.205. The highest BCUT2D eigenvalue weighted by Crippen LogP contribution is 2.33. The van der Waals surface area contributed by atoms with Crippen molar-refractivity contribution in [3.8, 4) is 5.75 Å². The Kier molecular flexibility index (Phi) is 8.68. The van der Waals surface area contributed by atoms with Crippen molar-refractivity contribution in [3.63, 3.8) is 0 Å². The van der Waals surface area contributed by atoms with Gasteiger partial charge in [0.1, 0.15) is 12.3 Å². The summed E-state index contributed by atoms with van der Waals surface area (Å²) in [5.41, 5.74) is 0.497. The van der Waals surface area contributed by atoms with E-state index in [1.54, 1.807) is 7.11 Å². The van der Waals surface area contributed by atoms with Crippen LogP contribution in [0.25, 0.3) is 0 Å². The van der Waals surface area contributed by atoms with Crippen molar-refractivity contribution in [2.75, 3.05) is 20.3 Å². The van der Waals surface area contributed by atoms with Crippen LogP contribution in [0.5, 0.6) is 5.75 Å². The zero-order chi connectivity index (χ0) is 20.5. The van der Waals surface area contributed by atoms with Gasteiger partial charge in [0.25, 0.3) is 0 Å². The van der Waals surface area contributed by atoms with E-state index in [1.165, 1.54) is 5.56 Å². The average Bonchev–Trinajstić information content (AvgIpc) is 2.58. The summed E-state index contributed by atoms with van der Waals surface area (Å²) in [5.74, 6) is -3.12.